The predicted octanol–water partition coefficient (Wildman–Crippen LogP) is 4.08. The highest BCUT2D eigenvalue weighted by atomic mass is 32.1. The van der Waals surface area contributed by atoms with Gasteiger partial charge in [-0.05, 0) is 62.2 Å². The highest BCUT2D eigenvalue weighted by Gasteiger charge is 2.31. The molecular formula is C26H31N5O2S. The van der Waals surface area contributed by atoms with Gasteiger partial charge < -0.3 is 15.1 Å². The van der Waals surface area contributed by atoms with Gasteiger partial charge in [-0.15, -0.1) is 0 Å². The van der Waals surface area contributed by atoms with Gasteiger partial charge in [-0.25, -0.2) is 4.98 Å². The van der Waals surface area contributed by atoms with E-state index in [-0.39, 0.29) is 17.7 Å². The van der Waals surface area contributed by atoms with Crippen LogP contribution >= 0.6 is 11.5 Å². The largest absolute Gasteiger partial charge is 0.370 e. The van der Waals surface area contributed by atoms with E-state index in [9.17, 15) is 9.59 Å². The molecule has 0 bridgehead atoms. The second-order valence-electron chi connectivity index (χ2n) is 9.37. The summed E-state index contributed by atoms with van der Waals surface area (Å²) in [5.74, 6) is 0.159. The number of pyridine rings is 1. The number of amides is 2. The summed E-state index contributed by atoms with van der Waals surface area (Å²) in [6.45, 7) is 7.69. The van der Waals surface area contributed by atoms with E-state index in [0.717, 1.165) is 79.0 Å². The van der Waals surface area contributed by atoms with Crippen molar-refractivity contribution in [1.29, 1.82) is 0 Å². The van der Waals surface area contributed by atoms with Gasteiger partial charge in [0.2, 0.25) is 5.91 Å². The summed E-state index contributed by atoms with van der Waals surface area (Å²) in [6, 6.07) is 8.14. The minimum Gasteiger partial charge on any atom is -0.370 e. The van der Waals surface area contributed by atoms with Crippen molar-refractivity contribution in [3.63, 3.8) is 0 Å². The van der Waals surface area contributed by atoms with Crippen LogP contribution in [0.2, 0.25) is 0 Å². The normalized spacial score (nSPS) is 16.9. The Kier molecular flexibility index (Phi) is 6.50. The minimum absolute atomic E-state index is 0.0166. The lowest BCUT2D eigenvalue weighted by Gasteiger charge is -2.35. The van der Waals surface area contributed by atoms with Crippen LogP contribution in [0.3, 0.4) is 0 Å². The number of hydrogen-bond donors (Lipinski definition) is 1. The van der Waals surface area contributed by atoms with Crippen molar-refractivity contribution in [3.05, 3.63) is 52.8 Å². The van der Waals surface area contributed by atoms with E-state index in [2.05, 4.69) is 38.6 Å². The lowest BCUT2D eigenvalue weighted by atomic mass is 9.94. The van der Waals surface area contributed by atoms with Gasteiger partial charge in [0.25, 0.3) is 5.91 Å². The van der Waals surface area contributed by atoms with Crippen LogP contribution in [0.4, 0.5) is 5.69 Å². The average molecular weight is 478 g/mol. The van der Waals surface area contributed by atoms with E-state index in [4.69, 9.17) is 0 Å². The van der Waals surface area contributed by atoms with Crippen LogP contribution in [0.25, 0.3) is 10.2 Å². The van der Waals surface area contributed by atoms with E-state index in [1.165, 1.54) is 17.1 Å². The number of piperidine rings is 1. The van der Waals surface area contributed by atoms with Gasteiger partial charge in [0.1, 0.15) is 4.83 Å². The first-order valence-electron chi connectivity index (χ1n) is 12.1. The molecule has 0 spiro atoms. The van der Waals surface area contributed by atoms with Crippen LogP contribution in [0, 0.1) is 19.8 Å². The van der Waals surface area contributed by atoms with Gasteiger partial charge in [0, 0.05) is 44.8 Å². The van der Waals surface area contributed by atoms with E-state index in [0.29, 0.717) is 12.1 Å². The first-order chi connectivity index (χ1) is 16.5. The molecule has 0 saturated carbocycles. The molecule has 2 aromatic heterocycles. The van der Waals surface area contributed by atoms with Crippen LogP contribution in [0.1, 0.15) is 52.9 Å². The monoisotopic (exact) mass is 477 g/mol. The molecule has 2 amide bonds. The molecule has 8 heteroatoms. The van der Waals surface area contributed by atoms with Crippen LogP contribution in [-0.2, 0) is 11.3 Å². The maximum Gasteiger partial charge on any atom is 0.257 e. The number of nitrogens with zero attached hydrogens (tertiary/aromatic N) is 4. The van der Waals surface area contributed by atoms with Gasteiger partial charge in [0.05, 0.1) is 22.3 Å². The zero-order chi connectivity index (χ0) is 23.7. The first-order valence-corrected chi connectivity index (χ1v) is 12.9. The molecule has 0 atom stereocenters. The van der Waals surface area contributed by atoms with Gasteiger partial charge in [0.15, 0.2) is 0 Å². The number of hydrogen-bond acceptors (Lipinski definition) is 6. The minimum atomic E-state index is -0.0166. The fourth-order valence-electron chi connectivity index (χ4n) is 5.11. The number of anilines is 1. The van der Waals surface area contributed by atoms with Crippen molar-refractivity contribution < 1.29 is 9.59 Å². The maximum absolute atomic E-state index is 13.4. The summed E-state index contributed by atoms with van der Waals surface area (Å²) >= 11 is 1.38. The Hall–Kier alpha value is -3.00. The van der Waals surface area contributed by atoms with Gasteiger partial charge in [-0.1, -0.05) is 24.3 Å². The number of carbonyl (C=O) groups is 2. The average Bonchev–Trinajstić information content (AvgIpc) is 3.53. The first kappa shape index (κ1) is 22.8. The zero-order valence-corrected chi connectivity index (χ0v) is 20.7. The number of carbonyl (C=O) groups excluding carboxylic acids is 2. The standard InChI is InChI=1S/C26H31N5O2S/c1-17-7-3-4-8-20(17)15-27-24(32)19-9-13-30(14-10-19)23-21(26(33)31-11-5-6-12-31)16-28-25-22(23)18(2)29-34-25/h3-4,7-8,16,19H,5-6,9-15H2,1-2H3,(H,27,32). The Morgan fingerprint density at radius 3 is 2.56 bits per heavy atom. The predicted molar refractivity (Wildman–Crippen MR) is 135 cm³/mol. The summed E-state index contributed by atoms with van der Waals surface area (Å²) in [5, 5.41) is 4.11. The van der Waals surface area contributed by atoms with Crippen molar-refractivity contribution in [1.82, 2.24) is 19.6 Å². The Morgan fingerprint density at radius 1 is 1.09 bits per heavy atom. The number of benzene rings is 1. The molecular weight excluding hydrogens is 446 g/mol. The third kappa shape index (κ3) is 4.39. The lowest BCUT2D eigenvalue weighted by molar-refractivity contribution is -0.125. The highest BCUT2D eigenvalue weighted by Crippen LogP contribution is 2.37. The fourth-order valence-corrected chi connectivity index (χ4v) is 5.86. The smallest absolute Gasteiger partial charge is 0.257 e. The number of aryl methyl sites for hydroxylation is 2. The molecule has 5 rings (SSSR count). The second-order valence-corrected chi connectivity index (χ2v) is 10.1. The molecule has 34 heavy (non-hydrogen) atoms. The van der Waals surface area contributed by atoms with Gasteiger partial charge >= 0.3 is 0 Å². The van der Waals surface area contributed by atoms with Crippen LogP contribution in [0.5, 0.6) is 0 Å². The zero-order valence-electron chi connectivity index (χ0n) is 19.8. The molecule has 3 aromatic rings. The molecule has 178 valence electrons. The Balaban J connectivity index is 1.32. The Bertz CT molecular complexity index is 1210. The van der Waals surface area contributed by atoms with Crippen molar-refractivity contribution in [2.45, 2.75) is 46.1 Å². The molecule has 2 fully saturated rings. The number of likely N-dealkylation sites (tertiary alicyclic amines) is 1. The van der Waals surface area contributed by atoms with Gasteiger partial charge in [-0.2, -0.15) is 4.37 Å². The summed E-state index contributed by atoms with van der Waals surface area (Å²) < 4.78 is 4.52. The molecule has 0 radical (unpaired) electrons. The van der Waals surface area contributed by atoms with Crippen LogP contribution in [0.15, 0.2) is 30.5 Å². The molecule has 1 aromatic carbocycles. The van der Waals surface area contributed by atoms with E-state index in [1.807, 2.05) is 24.0 Å². The number of aromatic nitrogens is 2. The Labute approximate surface area is 204 Å². The molecule has 4 heterocycles. The molecule has 1 N–H and O–H groups in total. The number of fused-ring (bicyclic) bond motifs is 1. The molecule has 2 saturated heterocycles. The lowest BCUT2D eigenvalue weighted by Crippen LogP contribution is -2.41. The van der Waals surface area contributed by atoms with Crippen LogP contribution < -0.4 is 10.2 Å². The van der Waals surface area contributed by atoms with Crippen molar-refractivity contribution in [2.75, 3.05) is 31.1 Å². The molecule has 7 nitrogen and oxygen atoms in total. The summed E-state index contributed by atoms with van der Waals surface area (Å²) in [4.78, 5) is 35.9. The fraction of sp³-hybridized carbons (Fsp3) is 0.462. The maximum atomic E-state index is 13.4. The summed E-state index contributed by atoms with van der Waals surface area (Å²) in [5.41, 5.74) is 4.87. The molecule has 2 aliphatic rings. The quantitative estimate of drug-likeness (QED) is 0.599. The molecule has 0 unspecified atom stereocenters. The third-order valence-electron chi connectivity index (χ3n) is 7.17. The van der Waals surface area contributed by atoms with Gasteiger partial charge in [-0.3, -0.25) is 9.59 Å². The SMILES string of the molecule is Cc1ccccc1CNC(=O)C1CCN(c2c(C(=O)N3CCCC3)cnc3snc(C)c23)CC1. The second kappa shape index (κ2) is 9.70. The Morgan fingerprint density at radius 2 is 1.82 bits per heavy atom. The topological polar surface area (TPSA) is 78.4 Å². The summed E-state index contributed by atoms with van der Waals surface area (Å²) in [6.07, 6.45) is 5.36. The van der Waals surface area contributed by atoms with Crippen LogP contribution in [-0.4, -0.2) is 52.3 Å². The van der Waals surface area contributed by atoms with E-state index >= 15 is 0 Å². The van der Waals surface area contributed by atoms with E-state index < -0.39 is 0 Å². The molecule has 0 aliphatic carbocycles. The number of rotatable bonds is 5. The van der Waals surface area contributed by atoms with E-state index in [1.54, 1.807) is 6.20 Å². The number of nitrogens with one attached hydrogen (secondary N) is 1. The van der Waals surface area contributed by atoms with Crippen molar-refractivity contribution in [3.8, 4) is 0 Å². The molecule has 2 aliphatic heterocycles. The summed E-state index contributed by atoms with van der Waals surface area (Å²) in [7, 11) is 0. The van der Waals surface area contributed by atoms with Crippen molar-refractivity contribution in [2.24, 2.45) is 5.92 Å². The highest BCUT2D eigenvalue weighted by molar-refractivity contribution is 7.13. The van der Waals surface area contributed by atoms with Crippen molar-refractivity contribution >= 4 is 39.3 Å². The third-order valence-corrected chi connectivity index (χ3v) is 8.02.